The van der Waals surface area contributed by atoms with Gasteiger partial charge >= 0.3 is 0 Å². The van der Waals surface area contributed by atoms with E-state index in [9.17, 15) is 4.79 Å². The fourth-order valence-corrected chi connectivity index (χ4v) is 4.07. The van der Waals surface area contributed by atoms with Gasteiger partial charge in [0.15, 0.2) is 5.13 Å². The van der Waals surface area contributed by atoms with Crippen LogP contribution in [-0.4, -0.2) is 54.6 Å². The average molecular weight is 322 g/mol. The van der Waals surface area contributed by atoms with E-state index in [4.69, 9.17) is 0 Å². The van der Waals surface area contributed by atoms with Gasteiger partial charge < -0.3 is 10.2 Å². The Hall–Kier alpha value is -1.14. The summed E-state index contributed by atoms with van der Waals surface area (Å²) in [5, 5.41) is 6.36. The molecule has 5 nitrogen and oxygen atoms in total. The van der Waals surface area contributed by atoms with E-state index in [-0.39, 0.29) is 5.91 Å². The van der Waals surface area contributed by atoms with Gasteiger partial charge in [-0.15, -0.1) is 11.3 Å². The zero-order valence-corrected chi connectivity index (χ0v) is 14.0. The number of carbonyl (C=O) groups excluding carboxylic acids is 1. The largest absolute Gasteiger partial charge is 0.352 e. The molecule has 0 atom stereocenters. The van der Waals surface area contributed by atoms with E-state index in [1.165, 1.54) is 25.7 Å². The van der Waals surface area contributed by atoms with Crippen LogP contribution in [0.1, 0.15) is 38.5 Å². The summed E-state index contributed by atoms with van der Waals surface area (Å²) in [6.07, 6.45) is 9.34. The maximum absolute atomic E-state index is 12.2. The molecule has 1 aliphatic heterocycles. The molecule has 0 unspecified atom stereocenters. The standard InChI is InChI=1S/C16H26N4OS/c21-15(18-14-5-3-1-2-4-6-14)13-19-8-10-20(11-9-19)16-17-7-12-22-16/h7,12,14H,1-6,8-11,13H2,(H,18,21). The lowest BCUT2D eigenvalue weighted by Gasteiger charge is -2.34. The van der Waals surface area contributed by atoms with E-state index in [2.05, 4.69) is 20.1 Å². The topological polar surface area (TPSA) is 48.5 Å². The number of hydrogen-bond acceptors (Lipinski definition) is 5. The van der Waals surface area contributed by atoms with Gasteiger partial charge in [0.25, 0.3) is 0 Å². The number of thiazole rings is 1. The number of aromatic nitrogens is 1. The maximum Gasteiger partial charge on any atom is 0.234 e. The maximum atomic E-state index is 12.2. The summed E-state index contributed by atoms with van der Waals surface area (Å²) < 4.78 is 0. The van der Waals surface area contributed by atoms with Crippen LogP contribution in [0.15, 0.2) is 11.6 Å². The third-order valence-electron chi connectivity index (χ3n) is 4.65. The Kier molecular flexibility index (Phi) is 5.67. The summed E-state index contributed by atoms with van der Waals surface area (Å²) in [4.78, 5) is 21.2. The predicted molar refractivity (Wildman–Crippen MR) is 90.4 cm³/mol. The molecule has 1 aliphatic carbocycles. The van der Waals surface area contributed by atoms with Crippen molar-refractivity contribution in [3.8, 4) is 0 Å². The Morgan fingerprint density at radius 3 is 2.55 bits per heavy atom. The van der Waals surface area contributed by atoms with Crippen LogP contribution in [0.2, 0.25) is 0 Å². The number of nitrogens with zero attached hydrogens (tertiary/aromatic N) is 3. The summed E-state index contributed by atoms with van der Waals surface area (Å²) >= 11 is 1.69. The van der Waals surface area contributed by atoms with Gasteiger partial charge in [0.2, 0.25) is 5.91 Å². The van der Waals surface area contributed by atoms with Crippen LogP contribution in [0.5, 0.6) is 0 Å². The summed E-state index contributed by atoms with van der Waals surface area (Å²) in [5.41, 5.74) is 0. The fourth-order valence-electron chi connectivity index (χ4n) is 3.37. The lowest BCUT2D eigenvalue weighted by molar-refractivity contribution is -0.123. The van der Waals surface area contributed by atoms with E-state index in [1.54, 1.807) is 11.3 Å². The van der Waals surface area contributed by atoms with Crippen molar-refractivity contribution in [1.29, 1.82) is 0 Å². The number of nitrogens with one attached hydrogen (secondary N) is 1. The zero-order valence-electron chi connectivity index (χ0n) is 13.2. The SMILES string of the molecule is O=C(CN1CCN(c2nccs2)CC1)NC1CCCCCC1. The Labute approximate surface area is 136 Å². The minimum atomic E-state index is 0.203. The first-order chi connectivity index (χ1) is 10.8. The van der Waals surface area contributed by atoms with Crippen molar-refractivity contribution in [2.75, 3.05) is 37.6 Å². The highest BCUT2D eigenvalue weighted by molar-refractivity contribution is 7.13. The molecule has 2 fully saturated rings. The third kappa shape index (κ3) is 4.43. The Balaban J connectivity index is 1.39. The molecule has 6 heteroatoms. The highest BCUT2D eigenvalue weighted by Crippen LogP contribution is 2.19. The van der Waals surface area contributed by atoms with Gasteiger partial charge in [-0.2, -0.15) is 0 Å². The van der Waals surface area contributed by atoms with Gasteiger partial charge in [0, 0.05) is 43.8 Å². The highest BCUT2D eigenvalue weighted by atomic mass is 32.1. The van der Waals surface area contributed by atoms with Crippen molar-refractivity contribution in [1.82, 2.24) is 15.2 Å². The van der Waals surface area contributed by atoms with Gasteiger partial charge in [-0.25, -0.2) is 4.98 Å². The van der Waals surface area contributed by atoms with Crippen molar-refractivity contribution in [2.45, 2.75) is 44.6 Å². The molecular weight excluding hydrogens is 296 g/mol. The van der Waals surface area contributed by atoms with E-state index in [1.807, 2.05) is 11.6 Å². The second-order valence-electron chi connectivity index (χ2n) is 6.33. The highest BCUT2D eigenvalue weighted by Gasteiger charge is 2.21. The first-order valence-corrected chi connectivity index (χ1v) is 9.35. The number of hydrogen-bond donors (Lipinski definition) is 1. The lowest BCUT2D eigenvalue weighted by atomic mass is 10.1. The van der Waals surface area contributed by atoms with Crippen LogP contribution in [0.25, 0.3) is 0 Å². The molecular formula is C16H26N4OS. The molecule has 122 valence electrons. The van der Waals surface area contributed by atoms with Gasteiger partial charge in [-0.05, 0) is 12.8 Å². The predicted octanol–water partition coefficient (Wildman–Crippen LogP) is 2.10. The van der Waals surface area contributed by atoms with Crippen molar-refractivity contribution in [3.63, 3.8) is 0 Å². The number of piperazine rings is 1. The molecule has 1 N–H and O–H groups in total. The van der Waals surface area contributed by atoms with Crippen LogP contribution in [0, 0.1) is 0 Å². The normalized spacial score (nSPS) is 21.5. The van der Waals surface area contributed by atoms with Gasteiger partial charge in [0.05, 0.1) is 6.54 Å². The van der Waals surface area contributed by atoms with Crippen molar-refractivity contribution < 1.29 is 4.79 Å². The minimum Gasteiger partial charge on any atom is -0.352 e. The quantitative estimate of drug-likeness (QED) is 0.863. The molecule has 1 saturated heterocycles. The van der Waals surface area contributed by atoms with E-state index in [0.29, 0.717) is 12.6 Å². The Morgan fingerprint density at radius 2 is 1.91 bits per heavy atom. The van der Waals surface area contributed by atoms with E-state index in [0.717, 1.165) is 44.2 Å². The minimum absolute atomic E-state index is 0.203. The van der Waals surface area contributed by atoms with E-state index >= 15 is 0 Å². The van der Waals surface area contributed by atoms with Crippen molar-refractivity contribution in [3.05, 3.63) is 11.6 Å². The molecule has 0 aromatic carbocycles. The summed E-state index contributed by atoms with van der Waals surface area (Å²) in [6.45, 7) is 4.35. The van der Waals surface area contributed by atoms with Gasteiger partial charge in [0.1, 0.15) is 0 Å². The Morgan fingerprint density at radius 1 is 1.18 bits per heavy atom. The summed E-state index contributed by atoms with van der Waals surface area (Å²) in [5.74, 6) is 0.203. The van der Waals surface area contributed by atoms with Gasteiger partial charge in [-0.1, -0.05) is 25.7 Å². The van der Waals surface area contributed by atoms with Crippen LogP contribution in [0.4, 0.5) is 5.13 Å². The van der Waals surface area contributed by atoms with Crippen molar-refractivity contribution in [2.24, 2.45) is 0 Å². The molecule has 1 amide bonds. The number of anilines is 1. The second-order valence-corrected chi connectivity index (χ2v) is 7.21. The molecule has 1 saturated carbocycles. The average Bonchev–Trinajstić information content (AvgIpc) is 2.94. The van der Waals surface area contributed by atoms with E-state index < -0.39 is 0 Å². The summed E-state index contributed by atoms with van der Waals surface area (Å²) in [7, 11) is 0. The molecule has 3 rings (SSSR count). The van der Waals surface area contributed by atoms with Gasteiger partial charge in [-0.3, -0.25) is 9.69 Å². The molecule has 1 aromatic heterocycles. The molecule has 0 bridgehead atoms. The van der Waals surface area contributed by atoms with Crippen LogP contribution in [0.3, 0.4) is 0 Å². The first kappa shape index (κ1) is 15.7. The zero-order chi connectivity index (χ0) is 15.2. The summed E-state index contributed by atoms with van der Waals surface area (Å²) in [6, 6.07) is 0.409. The third-order valence-corrected chi connectivity index (χ3v) is 5.48. The lowest BCUT2D eigenvalue weighted by Crippen LogP contribution is -2.50. The molecule has 2 heterocycles. The molecule has 2 aliphatic rings. The van der Waals surface area contributed by atoms with Crippen molar-refractivity contribution >= 4 is 22.4 Å². The smallest absolute Gasteiger partial charge is 0.234 e. The van der Waals surface area contributed by atoms with Crippen LogP contribution in [-0.2, 0) is 4.79 Å². The number of carbonyl (C=O) groups is 1. The molecule has 0 radical (unpaired) electrons. The molecule has 22 heavy (non-hydrogen) atoms. The fraction of sp³-hybridized carbons (Fsp3) is 0.750. The number of rotatable bonds is 4. The van der Waals surface area contributed by atoms with Crippen LogP contribution < -0.4 is 10.2 Å². The second kappa shape index (κ2) is 7.92. The first-order valence-electron chi connectivity index (χ1n) is 8.47. The Bertz CT molecular complexity index is 449. The molecule has 0 spiro atoms. The van der Waals surface area contributed by atoms with Crippen LogP contribution >= 0.6 is 11.3 Å². The monoisotopic (exact) mass is 322 g/mol. The molecule has 1 aromatic rings. The number of amides is 1.